The van der Waals surface area contributed by atoms with E-state index in [0.717, 1.165) is 16.9 Å². The molecule has 20 heavy (non-hydrogen) atoms. The molecule has 1 fully saturated rings. The van der Waals surface area contributed by atoms with Gasteiger partial charge < -0.3 is 10.6 Å². The molecule has 2 rings (SSSR count). The van der Waals surface area contributed by atoms with E-state index in [9.17, 15) is 9.59 Å². The van der Waals surface area contributed by atoms with Crippen molar-refractivity contribution in [2.45, 2.75) is 0 Å². The van der Waals surface area contributed by atoms with E-state index >= 15 is 0 Å². The van der Waals surface area contributed by atoms with Crippen molar-refractivity contribution in [3.63, 3.8) is 0 Å². The van der Waals surface area contributed by atoms with Crippen LogP contribution in [0, 0.1) is 0 Å². The van der Waals surface area contributed by atoms with Crippen LogP contribution in [0.1, 0.15) is 5.56 Å². The van der Waals surface area contributed by atoms with E-state index < -0.39 is 11.8 Å². The van der Waals surface area contributed by atoms with E-state index in [-0.39, 0.29) is 10.7 Å². The normalized spacial score (nSPS) is 14.5. The van der Waals surface area contributed by atoms with Gasteiger partial charge in [-0.1, -0.05) is 6.07 Å². The Hall–Kier alpha value is -2.41. The minimum Gasteiger partial charge on any atom is -0.386 e. The Morgan fingerprint density at radius 3 is 2.20 bits per heavy atom. The van der Waals surface area contributed by atoms with E-state index in [2.05, 4.69) is 21.3 Å². The van der Waals surface area contributed by atoms with Crippen molar-refractivity contribution < 1.29 is 9.59 Å². The van der Waals surface area contributed by atoms with Crippen molar-refractivity contribution in [2.75, 3.05) is 24.7 Å². The van der Waals surface area contributed by atoms with Crippen molar-refractivity contribution in [1.82, 2.24) is 10.6 Å². The SMILES string of the molecule is CNc1ccc(C=C2C(=O)NC(=S)NC2=O)cc1NC. The van der Waals surface area contributed by atoms with Gasteiger partial charge in [0.2, 0.25) is 0 Å². The number of hydrogen-bond donors (Lipinski definition) is 4. The molecule has 6 nitrogen and oxygen atoms in total. The van der Waals surface area contributed by atoms with Crippen molar-refractivity contribution in [3.8, 4) is 0 Å². The fourth-order valence-electron chi connectivity index (χ4n) is 1.85. The first-order chi connectivity index (χ1) is 9.55. The highest BCUT2D eigenvalue weighted by molar-refractivity contribution is 7.80. The van der Waals surface area contributed by atoms with Crippen LogP contribution in [0.5, 0.6) is 0 Å². The van der Waals surface area contributed by atoms with Crippen molar-refractivity contribution in [2.24, 2.45) is 0 Å². The first-order valence-electron chi connectivity index (χ1n) is 5.93. The van der Waals surface area contributed by atoms with Crippen LogP contribution < -0.4 is 21.3 Å². The molecular formula is C13H14N4O2S. The van der Waals surface area contributed by atoms with Gasteiger partial charge in [-0.25, -0.2) is 0 Å². The van der Waals surface area contributed by atoms with Crippen LogP contribution in [-0.2, 0) is 9.59 Å². The Morgan fingerprint density at radius 2 is 1.65 bits per heavy atom. The lowest BCUT2D eigenvalue weighted by atomic mass is 10.1. The highest BCUT2D eigenvalue weighted by Crippen LogP contribution is 2.23. The Balaban J connectivity index is 2.37. The van der Waals surface area contributed by atoms with Gasteiger partial charge in [-0.3, -0.25) is 20.2 Å². The summed E-state index contributed by atoms with van der Waals surface area (Å²) in [4.78, 5) is 23.5. The zero-order valence-corrected chi connectivity index (χ0v) is 11.9. The summed E-state index contributed by atoms with van der Waals surface area (Å²) in [5, 5.41) is 10.9. The van der Waals surface area contributed by atoms with Gasteiger partial charge in [0.1, 0.15) is 5.57 Å². The number of nitrogens with one attached hydrogen (secondary N) is 4. The van der Waals surface area contributed by atoms with E-state index in [1.54, 1.807) is 7.05 Å². The molecule has 1 saturated heterocycles. The highest BCUT2D eigenvalue weighted by Gasteiger charge is 2.25. The quantitative estimate of drug-likeness (QED) is 0.374. The molecule has 1 aromatic rings. The zero-order chi connectivity index (χ0) is 14.7. The van der Waals surface area contributed by atoms with Crippen molar-refractivity contribution in [1.29, 1.82) is 0 Å². The second-order valence-electron chi connectivity index (χ2n) is 4.10. The highest BCUT2D eigenvalue weighted by atomic mass is 32.1. The molecule has 0 unspecified atom stereocenters. The van der Waals surface area contributed by atoms with Crippen LogP contribution in [0.25, 0.3) is 6.08 Å². The van der Waals surface area contributed by atoms with Gasteiger partial charge in [0.25, 0.3) is 11.8 Å². The summed E-state index contributed by atoms with van der Waals surface area (Å²) in [6.45, 7) is 0. The molecule has 7 heteroatoms. The maximum Gasteiger partial charge on any atom is 0.263 e. The van der Waals surface area contributed by atoms with Crippen LogP contribution in [0.2, 0.25) is 0 Å². The van der Waals surface area contributed by atoms with E-state index in [1.807, 2.05) is 25.2 Å². The number of benzene rings is 1. The molecule has 1 heterocycles. The molecule has 1 aliphatic rings. The molecule has 0 aromatic heterocycles. The van der Waals surface area contributed by atoms with Gasteiger partial charge in [-0.15, -0.1) is 0 Å². The summed E-state index contributed by atoms with van der Waals surface area (Å²) in [5.74, 6) is -0.995. The second-order valence-corrected chi connectivity index (χ2v) is 4.51. The fourth-order valence-corrected chi connectivity index (χ4v) is 2.03. The summed E-state index contributed by atoms with van der Waals surface area (Å²) >= 11 is 4.74. The molecule has 1 aromatic carbocycles. The maximum atomic E-state index is 11.7. The molecule has 0 radical (unpaired) electrons. The van der Waals surface area contributed by atoms with Crippen LogP contribution >= 0.6 is 12.2 Å². The van der Waals surface area contributed by atoms with Crippen LogP contribution in [0.15, 0.2) is 23.8 Å². The number of hydrogen-bond acceptors (Lipinski definition) is 5. The number of carbonyl (C=O) groups is 2. The first kappa shape index (κ1) is 14.0. The molecular weight excluding hydrogens is 276 g/mol. The van der Waals surface area contributed by atoms with Gasteiger partial charge in [0.05, 0.1) is 11.4 Å². The molecule has 2 amide bonds. The molecule has 1 aliphatic heterocycles. The molecule has 0 atom stereocenters. The van der Waals surface area contributed by atoms with Gasteiger partial charge in [-0.2, -0.15) is 0 Å². The Kier molecular flexibility index (Phi) is 3.99. The van der Waals surface area contributed by atoms with E-state index in [1.165, 1.54) is 6.08 Å². The Bertz CT molecular complexity index is 603. The van der Waals surface area contributed by atoms with Crippen LogP contribution in [0.4, 0.5) is 11.4 Å². The van der Waals surface area contributed by atoms with Crippen molar-refractivity contribution in [3.05, 3.63) is 29.3 Å². The third-order valence-electron chi connectivity index (χ3n) is 2.84. The number of rotatable bonds is 3. The van der Waals surface area contributed by atoms with Gasteiger partial charge in [0, 0.05) is 14.1 Å². The summed E-state index contributed by atoms with van der Waals surface area (Å²) in [5.41, 5.74) is 2.56. The molecule has 0 saturated carbocycles. The summed E-state index contributed by atoms with van der Waals surface area (Å²) in [6.07, 6.45) is 1.52. The first-order valence-corrected chi connectivity index (χ1v) is 6.34. The van der Waals surface area contributed by atoms with Crippen molar-refractivity contribution >= 4 is 46.6 Å². The lowest BCUT2D eigenvalue weighted by molar-refractivity contribution is -0.123. The monoisotopic (exact) mass is 290 g/mol. The van der Waals surface area contributed by atoms with E-state index in [0.29, 0.717) is 0 Å². The molecule has 104 valence electrons. The third-order valence-corrected chi connectivity index (χ3v) is 3.04. The molecule has 4 N–H and O–H groups in total. The molecule has 0 bridgehead atoms. The van der Waals surface area contributed by atoms with Gasteiger partial charge in [0.15, 0.2) is 5.11 Å². The average Bonchev–Trinajstić information content (AvgIpc) is 2.42. The number of anilines is 2. The van der Waals surface area contributed by atoms with Crippen LogP contribution in [0.3, 0.4) is 0 Å². The standard InChI is InChI=1S/C13H14N4O2S/c1-14-9-4-3-7(6-10(9)15-2)5-8-11(18)16-13(20)17-12(8)19/h3-6,14-15H,1-2H3,(H2,16,17,18,19,20). The average molecular weight is 290 g/mol. The molecule has 0 spiro atoms. The maximum absolute atomic E-state index is 11.7. The predicted molar refractivity (Wildman–Crippen MR) is 82.4 cm³/mol. The lowest BCUT2D eigenvalue weighted by Gasteiger charge is -2.16. The Morgan fingerprint density at radius 1 is 1.05 bits per heavy atom. The third kappa shape index (κ3) is 2.77. The second kappa shape index (κ2) is 5.70. The molecule has 0 aliphatic carbocycles. The number of carbonyl (C=O) groups excluding carboxylic acids is 2. The van der Waals surface area contributed by atoms with Gasteiger partial charge in [-0.05, 0) is 36.0 Å². The number of thiocarbonyl (C=S) groups is 1. The summed E-state index contributed by atoms with van der Waals surface area (Å²) in [7, 11) is 3.61. The summed E-state index contributed by atoms with van der Waals surface area (Å²) in [6, 6.07) is 5.51. The fraction of sp³-hybridized carbons (Fsp3) is 0.154. The predicted octanol–water partition coefficient (Wildman–Crippen LogP) is 0.684. The van der Waals surface area contributed by atoms with E-state index in [4.69, 9.17) is 12.2 Å². The topological polar surface area (TPSA) is 82.3 Å². The zero-order valence-electron chi connectivity index (χ0n) is 11.0. The van der Waals surface area contributed by atoms with Gasteiger partial charge >= 0.3 is 0 Å². The minimum atomic E-state index is -0.498. The largest absolute Gasteiger partial charge is 0.386 e. The lowest BCUT2D eigenvalue weighted by Crippen LogP contribution is -2.51. The van der Waals surface area contributed by atoms with Crippen LogP contribution in [-0.4, -0.2) is 31.0 Å². The minimum absolute atomic E-state index is 0.0258. The Labute approximate surface area is 121 Å². The smallest absolute Gasteiger partial charge is 0.263 e. The number of amides is 2. The summed E-state index contributed by atoms with van der Waals surface area (Å²) < 4.78 is 0.